The van der Waals surface area contributed by atoms with Crippen molar-refractivity contribution >= 4 is 16.9 Å². The molecule has 5 heteroatoms. The number of carbonyl (C=O) groups is 1. The Morgan fingerprint density at radius 2 is 1.88 bits per heavy atom. The summed E-state index contributed by atoms with van der Waals surface area (Å²) in [6.45, 7) is 4.87. The van der Waals surface area contributed by atoms with Crippen LogP contribution in [-0.4, -0.2) is 26.2 Å². The summed E-state index contributed by atoms with van der Waals surface area (Å²) in [5, 5.41) is 3.87. The first-order chi connectivity index (χ1) is 12.6. The largest absolute Gasteiger partial charge is 0.493 e. The number of benzene rings is 2. The zero-order valence-electron chi connectivity index (χ0n) is 15.3. The van der Waals surface area contributed by atoms with Crippen LogP contribution in [-0.2, 0) is 11.2 Å². The van der Waals surface area contributed by atoms with Gasteiger partial charge in [0.15, 0.2) is 11.5 Å². The first kappa shape index (κ1) is 17.9. The van der Waals surface area contributed by atoms with E-state index in [4.69, 9.17) is 13.9 Å². The van der Waals surface area contributed by atoms with Crippen LogP contribution in [0.25, 0.3) is 11.0 Å². The Labute approximate surface area is 152 Å². The van der Waals surface area contributed by atoms with Crippen LogP contribution in [0.4, 0.5) is 0 Å². The van der Waals surface area contributed by atoms with Crippen molar-refractivity contribution in [2.24, 2.45) is 0 Å². The van der Waals surface area contributed by atoms with Gasteiger partial charge in [-0.2, -0.15) is 0 Å². The predicted octanol–water partition coefficient (Wildman–Crippen LogP) is 3.80. The van der Waals surface area contributed by atoms with Gasteiger partial charge in [-0.1, -0.05) is 24.3 Å². The molecule has 136 valence electrons. The Morgan fingerprint density at radius 1 is 1.12 bits per heavy atom. The van der Waals surface area contributed by atoms with Crippen LogP contribution in [0.1, 0.15) is 16.7 Å². The third kappa shape index (κ3) is 3.82. The molecule has 5 nitrogen and oxygen atoms in total. The summed E-state index contributed by atoms with van der Waals surface area (Å²) < 4.78 is 16.5. The van der Waals surface area contributed by atoms with Gasteiger partial charge in [-0.05, 0) is 37.1 Å². The van der Waals surface area contributed by atoms with Crippen LogP contribution in [0.5, 0.6) is 11.5 Å². The normalized spacial score (nSPS) is 10.7. The second-order valence-corrected chi connectivity index (χ2v) is 6.17. The highest BCUT2D eigenvalue weighted by atomic mass is 16.5. The zero-order valence-corrected chi connectivity index (χ0v) is 15.3. The fraction of sp³-hybridized carbons (Fsp3) is 0.286. The quantitative estimate of drug-likeness (QED) is 0.657. The molecule has 1 N–H and O–H groups in total. The molecule has 0 aliphatic rings. The molecule has 0 saturated heterocycles. The van der Waals surface area contributed by atoms with Gasteiger partial charge in [-0.25, -0.2) is 0 Å². The maximum atomic E-state index is 12.2. The molecule has 0 radical (unpaired) electrons. The number of fused-ring (bicyclic) bond motifs is 1. The van der Waals surface area contributed by atoms with E-state index in [0.717, 1.165) is 22.1 Å². The van der Waals surface area contributed by atoms with Gasteiger partial charge in [-0.15, -0.1) is 0 Å². The summed E-state index contributed by atoms with van der Waals surface area (Å²) in [7, 11) is 1.60. The van der Waals surface area contributed by atoms with Crippen LogP contribution in [0.2, 0.25) is 0 Å². The monoisotopic (exact) mass is 353 g/mol. The van der Waals surface area contributed by atoms with Gasteiger partial charge in [0.1, 0.15) is 12.2 Å². The molecule has 0 unspecified atom stereocenters. The molecule has 1 aromatic heterocycles. The summed E-state index contributed by atoms with van der Waals surface area (Å²) in [4.78, 5) is 12.2. The van der Waals surface area contributed by atoms with Crippen molar-refractivity contribution in [3.8, 4) is 11.5 Å². The van der Waals surface area contributed by atoms with Gasteiger partial charge >= 0.3 is 0 Å². The number of rotatable bonds is 7. The van der Waals surface area contributed by atoms with Crippen molar-refractivity contribution in [2.45, 2.75) is 20.3 Å². The molecule has 1 amide bonds. The van der Waals surface area contributed by atoms with Crippen LogP contribution < -0.4 is 14.8 Å². The maximum Gasteiger partial charge on any atom is 0.224 e. The SMILES string of the molecule is COc1ccccc1OCCNC(=O)Cc1coc2c(C)c(C)ccc12. The van der Waals surface area contributed by atoms with Gasteiger partial charge in [0, 0.05) is 10.9 Å². The molecule has 3 rings (SSSR count). The second kappa shape index (κ2) is 7.95. The first-order valence-electron chi connectivity index (χ1n) is 8.59. The molecule has 0 aliphatic carbocycles. The van der Waals surface area contributed by atoms with Crippen molar-refractivity contribution in [3.63, 3.8) is 0 Å². The number of methoxy groups -OCH3 is 1. The third-order valence-electron chi connectivity index (χ3n) is 4.44. The van der Waals surface area contributed by atoms with E-state index in [1.807, 2.05) is 44.2 Å². The fourth-order valence-electron chi connectivity index (χ4n) is 2.85. The highest BCUT2D eigenvalue weighted by molar-refractivity contribution is 5.89. The molecule has 0 saturated carbocycles. The van der Waals surface area contributed by atoms with Crippen LogP contribution in [0.15, 0.2) is 47.1 Å². The molecule has 26 heavy (non-hydrogen) atoms. The van der Waals surface area contributed by atoms with Gasteiger partial charge < -0.3 is 19.2 Å². The minimum absolute atomic E-state index is 0.0606. The van der Waals surface area contributed by atoms with E-state index in [9.17, 15) is 4.79 Å². The Kier molecular flexibility index (Phi) is 5.46. The number of nitrogens with one attached hydrogen (secondary N) is 1. The van der Waals surface area contributed by atoms with Crippen LogP contribution in [0, 0.1) is 13.8 Å². The Balaban J connectivity index is 1.53. The van der Waals surface area contributed by atoms with Gasteiger partial charge in [-0.3, -0.25) is 4.79 Å². The van der Waals surface area contributed by atoms with Crippen LogP contribution in [0.3, 0.4) is 0 Å². The van der Waals surface area contributed by atoms with E-state index >= 15 is 0 Å². The lowest BCUT2D eigenvalue weighted by Crippen LogP contribution is -2.29. The number of ether oxygens (including phenoxy) is 2. The predicted molar refractivity (Wildman–Crippen MR) is 101 cm³/mol. The topological polar surface area (TPSA) is 60.7 Å². The second-order valence-electron chi connectivity index (χ2n) is 6.17. The van der Waals surface area contributed by atoms with Crippen molar-refractivity contribution in [1.29, 1.82) is 0 Å². The lowest BCUT2D eigenvalue weighted by Gasteiger charge is -2.10. The highest BCUT2D eigenvalue weighted by Crippen LogP contribution is 2.27. The average Bonchev–Trinajstić information content (AvgIpc) is 3.05. The highest BCUT2D eigenvalue weighted by Gasteiger charge is 2.12. The van der Waals surface area contributed by atoms with Crippen molar-refractivity contribution in [1.82, 2.24) is 5.32 Å². The average molecular weight is 353 g/mol. The van der Waals surface area contributed by atoms with Crippen molar-refractivity contribution < 1.29 is 18.7 Å². The summed E-state index contributed by atoms with van der Waals surface area (Å²) >= 11 is 0. The molecule has 0 fully saturated rings. The van der Waals surface area contributed by atoms with Gasteiger partial charge in [0.25, 0.3) is 0 Å². The molecular formula is C21H23NO4. The molecule has 0 atom stereocenters. The zero-order chi connectivity index (χ0) is 18.5. The molecule has 0 aliphatic heterocycles. The van der Waals surface area contributed by atoms with E-state index < -0.39 is 0 Å². The smallest absolute Gasteiger partial charge is 0.224 e. The van der Waals surface area contributed by atoms with E-state index in [-0.39, 0.29) is 12.3 Å². The molecule has 0 spiro atoms. The van der Waals surface area contributed by atoms with E-state index in [2.05, 4.69) is 11.4 Å². The minimum Gasteiger partial charge on any atom is -0.493 e. The molecule has 2 aromatic carbocycles. The Bertz CT molecular complexity index is 914. The van der Waals surface area contributed by atoms with Gasteiger partial charge in [0.2, 0.25) is 5.91 Å². The summed E-state index contributed by atoms with van der Waals surface area (Å²) in [6.07, 6.45) is 1.95. The van der Waals surface area contributed by atoms with E-state index in [0.29, 0.717) is 24.7 Å². The van der Waals surface area contributed by atoms with Crippen molar-refractivity contribution in [3.05, 3.63) is 59.4 Å². The Hall–Kier alpha value is -2.95. The number of hydrogen-bond donors (Lipinski definition) is 1. The first-order valence-corrected chi connectivity index (χ1v) is 8.59. The molecule has 3 aromatic rings. The summed E-state index contributed by atoms with van der Waals surface area (Å²) in [5.41, 5.74) is 4.04. The number of amides is 1. The lowest BCUT2D eigenvalue weighted by atomic mass is 10.0. The standard InChI is InChI=1S/C21H23NO4/c1-14-8-9-17-16(13-26-21(17)15(14)2)12-20(23)22-10-11-25-19-7-5-4-6-18(19)24-3/h4-9,13H,10-12H2,1-3H3,(H,22,23). The number of furan rings is 1. The third-order valence-corrected chi connectivity index (χ3v) is 4.44. The van der Waals surface area contributed by atoms with E-state index in [1.165, 1.54) is 5.56 Å². The molecule has 0 bridgehead atoms. The van der Waals surface area contributed by atoms with E-state index in [1.54, 1.807) is 13.4 Å². The number of carbonyl (C=O) groups excluding carboxylic acids is 1. The van der Waals surface area contributed by atoms with Crippen molar-refractivity contribution in [2.75, 3.05) is 20.3 Å². The number of hydrogen-bond acceptors (Lipinski definition) is 4. The minimum atomic E-state index is -0.0606. The molecular weight excluding hydrogens is 330 g/mol. The molecule has 1 heterocycles. The maximum absolute atomic E-state index is 12.2. The number of para-hydroxylation sites is 2. The summed E-state index contributed by atoms with van der Waals surface area (Å²) in [6, 6.07) is 11.5. The number of aryl methyl sites for hydroxylation is 2. The Morgan fingerprint density at radius 3 is 2.65 bits per heavy atom. The summed E-state index contributed by atoms with van der Waals surface area (Å²) in [5.74, 6) is 1.28. The van der Waals surface area contributed by atoms with Crippen LogP contribution >= 0.6 is 0 Å². The van der Waals surface area contributed by atoms with Gasteiger partial charge in [0.05, 0.1) is 26.3 Å². The lowest BCUT2D eigenvalue weighted by molar-refractivity contribution is -0.120. The fourth-order valence-corrected chi connectivity index (χ4v) is 2.85.